The topological polar surface area (TPSA) is 21.3 Å². The SMILES string of the molecule is CCN[C@@H]1CCOC[C@@H]1Cc1ccc(Cl)c(Cl)c1. The number of ether oxygens (including phenoxy) is 1. The van der Waals surface area contributed by atoms with Gasteiger partial charge >= 0.3 is 0 Å². The lowest BCUT2D eigenvalue weighted by Gasteiger charge is -2.32. The van der Waals surface area contributed by atoms with Crippen molar-refractivity contribution in [3.63, 3.8) is 0 Å². The molecule has 18 heavy (non-hydrogen) atoms. The Bertz CT molecular complexity index is 395. The van der Waals surface area contributed by atoms with Gasteiger partial charge in [0.05, 0.1) is 16.7 Å². The summed E-state index contributed by atoms with van der Waals surface area (Å²) >= 11 is 12.0. The first-order valence-electron chi connectivity index (χ1n) is 6.45. The molecule has 0 spiro atoms. The minimum Gasteiger partial charge on any atom is -0.381 e. The van der Waals surface area contributed by atoms with Crippen molar-refractivity contribution in [2.45, 2.75) is 25.8 Å². The monoisotopic (exact) mass is 287 g/mol. The van der Waals surface area contributed by atoms with Gasteiger partial charge < -0.3 is 10.1 Å². The van der Waals surface area contributed by atoms with Gasteiger partial charge in [0.15, 0.2) is 0 Å². The third-order valence-electron chi connectivity index (χ3n) is 3.42. The van der Waals surface area contributed by atoms with E-state index < -0.39 is 0 Å². The molecule has 2 nitrogen and oxygen atoms in total. The highest BCUT2D eigenvalue weighted by atomic mass is 35.5. The van der Waals surface area contributed by atoms with E-state index in [-0.39, 0.29) is 0 Å². The molecule has 4 heteroatoms. The molecule has 1 aromatic carbocycles. The predicted molar refractivity (Wildman–Crippen MR) is 76.6 cm³/mol. The largest absolute Gasteiger partial charge is 0.381 e. The van der Waals surface area contributed by atoms with Gasteiger partial charge in [-0.25, -0.2) is 0 Å². The van der Waals surface area contributed by atoms with Crippen molar-refractivity contribution in [3.05, 3.63) is 33.8 Å². The van der Waals surface area contributed by atoms with E-state index in [0.29, 0.717) is 22.0 Å². The van der Waals surface area contributed by atoms with Crippen LogP contribution in [0.5, 0.6) is 0 Å². The maximum Gasteiger partial charge on any atom is 0.0595 e. The first kappa shape index (κ1) is 14.1. The molecule has 1 saturated heterocycles. The van der Waals surface area contributed by atoms with Crippen molar-refractivity contribution < 1.29 is 4.74 Å². The zero-order chi connectivity index (χ0) is 13.0. The van der Waals surface area contributed by atoms with Crippen LogP contribution in [-0.4, -0.2) is 25.8 Å². The summed E-state index contributed by atoms with van der Waals surface area (Å²) in [6.45, 7) is 4.82. The van der Waals surface area contributed by atoms with E-state index in [1.165, 1.54) is 5.56 Å². The molecule has 0 bridgehead atoms. The average Bonchev–Trinajstić information content (AvgIpc) is 2.37. The van der Waals surface area contributed by atoms with Crippen molar-refractivity contribution in [3.8, 4) is 0 Å². The molecule has 1 aliphatic rings. The van der Waals surface area contributed by atoms with Crippen LogP contribution in [0.1, 0.15) is 18.9 Å². The van der Waals surface area contributed by atoms with Crippen molar-refractivity contribution in [1.82, 2.24) is 5.32 Å². The molecule has 1 N–H and O–H groups in total. The van der Waals surface area contributed by atoms with Crippen LogP contribution < -0.4 is 5.32 Å². The predicted octanol–water partition coefficient (Wildman–Crippen LogP) is 3.55. The van der Waals surface area contributed by atoms with Gasteiger partial charge in [-0.1, -0.05) is 36.2 Å². The minimum absolute atomic E-state index is 0.510. The summed E-state index contributed by atoms with van der Waals surface area (Å²) in [4.78, 5) is 0. The summed E-state index contributed by atoms with van der Waals surface area (Å²) in [6, 6.07) is 6.41. The summed E-state index contributed by atoms with van der Waals surface area (Å²) in [6.07, 6.45) is 2.06. The highest BCUT2D eigenvalue weighted by molar-refractivity contribution is 6.42. The summed E-state index contributed by atoms with van der Waals surface area (Å²) in [5.74, 6) is 0.510. The average molecular weight is 288 g/mol. The first-order chi connectivity index (χ1) is 8.70. The van der Waals surface area contributed by atoms with Gasteiger partial charge in [-0.15, -0.1) is 0 Å². The molecule has 0 unspecified atom stereocenters. The summed E-state index contributed by atoms with van der Waals surface area (Å²) in [5, 5.41) is 4.79. The van der Waals surface area contributed by atoms with Gasteiger partial charge in [0.2, 0.25) is 0 Å². The summed E-state index contributed by atoms with van der Waals surface area (Å²) < 4.78 is 5.59. The molecular formula is C14H19Cl2NO. The lowest BCUT2D eigenvalue weighted by atomic mass is 9.89. The lowest BCUT2D eigenvalue weighted by Crippen LogP contribution is -2.43. The van der Waals surface area contributed by atoms with E-state index in [4.69, 9.17) is 27.9 Å². The number of nitrogens with one attached hydrogen (secondary N) is 1. The number of rotatable bonds is 4. The van der Waals surface area contributed by atoms with Crippen molar-refractivity contribution in [2.24, 2.45) is 5.92 Å². The Morgan fingerprint density at radius 2 is 2.17 bits per heavy atom. The van der Waals surface area contributed by atoms with Crippen LogP contribution >= 0.6 is 23.2 Å². The Morgan fingerprint density at radius 3 is 2.89 bits per heavy atom. The summed E-state index contributed by atoms with van der Waals surface area (Å²) in [5.41, 5.74) is 1.22. The molecule has 0 amide bonds. The Hall–Kier alpha value is -0.280. The van der Waals surface area contributed by atoms with E-state index in [0.717, 1.165) is 32.6 Å². The van der Waals surface area contributed by atoms with Crippen molar-refractivity contribution in [1.29, 1.82) is 0 Å². The van der Waals surface area contributed by atoms with Gasteiger partial charge in [-0.05, 0) is 37.1 Å². The molecule has 0 aromatic heterocycles. The quantitative estimate of drug-likeness (QED) is 0.914. The fourth-order valence-electron chi connectivity index (χ4n) is 2.50. The lowest BCUT2D eigenvalue weighted by molar-refractivity contribution is 0.0327. The fourth-order valence-corrected chi connectivity index (χ4v) is 2.82. The Balaban J connectivity index is 2.03. The van der Waals surface area contributed by atoms with Crippen LogP contribution in [0.3, 0.4) is 0 Å². The van der Waals surface area contributed by atoms with Gasteiger partial charge in [-0.3, -0.25) is 0 Å². The maximum atomic E-state index is 6.05. The van der Waals surface area contributed by atoms with Crippen LogP contribution in [0, 0.1) is 5.92 Å². The molecule has 0 aliphatic carbocycles. The second-order valence-electron chi connectivity index (χ2n) is 4.74. The third kappa shape index (κ3) is 3.61. The van der Waals surface area contributed by atoms with Crippen LogP contribution in [0.2, 0.25) is 10.0 Å². The molecule has 1 aliphatic heterocycles. The Kier molecular flexibility index (Phi) is 5.31. The van der Waals surface area contributed by atoms with E-state index in [1.54, 1.807) is 0 Å². The van der Waals surface area contributed by atoms with Gasteiger partial charge in [0, 0.05) is 18.6 Å². The Morgan fingerprint density at radius 1 is 1.33 bits per heavy atom. The normalized spacial score (nSPS) is 24.2. The third-order valence-corrected chi connectivity index (χ3v) is 4.16. The molecule has 1 heterocycles. The number of hydrogen-bond acceptors (Lipinski definition) is 2. The number of hydrogen-bond donors (Lipinski definition) is 1. The van der Waals surface area contributed by atoms with Crippen molar-refractivity contribution in [2.75, 3.05) is 19.8 Å². The van der Waals surface area contributed by atoms with E-state index in [1.807, 2.05) is 18.2 Å². The highest BCUT2D eigenvalue weighted by Gasteiger charge is 2.25. The molecule has 2 rings (SSSR count). The number of halogens is 2. The molecular weight excluding hydrogens is 269 g/mol. The second-order valence-corrected chi connectivity index (χ2v) is 5.55. The molecule has 100 valence electrons. The minimum atomic E-state index is 0.510. The van der Waals surface area contributed by atoms with Gasteiger partial charge in [-0.2, -0.15) is 0 Å². The highest BCUT2D eigenvalue weighted by Crippen LogP contribution is 2.26. The second kappa shape index (κ2) is 6.76. The first-order valence-corrected chi connectivity index (χ1v) is 7.21. The zero-order valence-electron chi connectivity index (χ0n) is 10.6. The smallest absolute Gasteiger partial charge is 0.0595 e. The van der Waals surface area contributed by atoms with E-state index >= 15 is 0 Å². The molecule has 1 fully saturated rings. The van der Waals surface area contributed by atoms with Crippen LogP contribution in [0.25, 0.3) is 0 Å². The van der Waals surface area contributed by atoms with Crippen LogP contribution in [-0.2, 0) is 11.2 Å². The maximum absolute atomic E-state index is 6.05. The fraction of sp³-hybridized carbons (Fsp3) is 0.571. The van der Waals surface area contributed by atoms with Crippen molar-refractivity contribution >= 4 is 23.2 Å². The van der Waals surface area contributed by atoms with E-state index in [9.17, 15) is 0 Å². The van der Waals surface area contributed by atoms with Gasteiger partial charge in [0.25, 0.3) is 0 Å². The van der Waals surface area contributed by atoms with Crippen LogP contribution in [0.4, 0.5) is 0 Å². The molecule has 0 saturated carbocycles. The molecule has 1 aromatic rings. The molecule has 0 radical (unpaired) electrons. The summed E-state index contributed by atoms with van der Waals surface area (Å²) in [7, 11) is 0. The Labute approximate surface area is 119 Å². The molecule has 2 atom stereocenters. The number of benzene rings is 1. The standard InChI is InChI=1S/C14H19Cl2NO/c1-2-17-14-5-6-18-9-11(14)7-10-3-4-12(15)13(16)8-10/h3-4,8,11,14,17H,2,5-7,9H2,1H3/t11-,14+/m0/s1. The van der Waals surface area contributed by atoms with Gasteiger partial charge in [0.1, 0.15) is 0 Å². The zero-order valence-corrected chi connectivity index (χ0v) is 12.1. The van der Waals surface area contributed by atoms with E-state index in [2.05, 4.69) is 12.2 Å². The van der Waals surface area contributed by atoms with Crippen LogP contribution in [0.15, 0.2) is 18.2 Å².